The van der Waals surface area contributed by atoms with Crippen LogP contribution in [0.3, 0.4) is 0 Å². The Kier molecular flexibility index (Phi) is 4.45. The molecule has 0 radical (unpaired) electrons. The highest BCUT2D eigenvalue weighted by molar-refractivity contribution is 5.94. The fourth-order valence-electron chi connectivity index (χ4n) is 2.97. The van der Waals surface area contributed by atoms with Gasteiger partial charge in [-0.15, -0.1) is 0 Å². The van der Waals surface area contributed by atoms with Crippen LogP contribution >= 0.6 is 0 Å². The van der Waals surface area contributed by atoms with Crippen LogP contribution in [0.15, 0.2) is 36.1 Å². The summed E-state index contributed by atoms with van der Waals surface area (Å²) in [4.78, 5) is 12.5. The number of amides is 1. The molecular formula is C16H24N2O2. The molecule has 0 unspecified atom stereocenters. The van der Waals surface area contributed by atoms with Crippen LogP contribution in [0.25, 0.3) is 0 Å². The molecule has 2 aliphatic rings. The van der Waals surface area contributed by atoms with Crippen molar-refractivity contribution in [1.29, 1.82) is 0 Å². The second-order valence-electron chi connectivity index (χ2n) is 6.05. The predicted octanol–water partition coefficient (Wildman–Crippen LogP) is 2.63. The lowest BCUT2D eigenvalue weighted by atomic mass is 9.73. The number of hydrogen-bond donors (Lipinski definition) is 2. The summed E-state index contributed by atoms with van der Waals surface area (Å²) >= 11 is 0. The Hall–Kier alpha value is -1.39. The van der Waals surface area contributed by atoms with Crippen LogP contribution in [0.1, 0.15) is 33.1 Å². The topological polar surface area (TPSA) is 52.6 Å². The maximum Gasteiger partial charge on any atom is 0.235 e. The van der Waals surface area contributed by atoms with Crippen LogP contribution in [0, 0.1) is 11.3 Å². The molecule has 2 heterocycles. The van der Waals surface area contributed by atoms with Crippen molar-refractivity contribution in [1.82, 2.24) is 10.4 Å². The molecule has 110 valence electrons. The summed E-state index contributed by atoms with van der Waals surface area (Å²) in [6, 6.07) is 0. The van der Waals surface area contributed by atoms with E-state index in [1.54, 1.807) is 6.08 Å². The molecule has 0 saturated carbocycles. The maximum atomic E-state index is 12.5. The lowest BCUT2D eigenvalue weighted by Crippen LogP contribution is -2.43. The van der Waals surface area contributed by atoms with Gasteiger partial charge in [0.2, 0.25) is 5.91 Å². The highest BCUT2D eigenvalue weighted by Crippen LogP contribution is 2.46. The Morgan fingerprint density at radius 3 is 2.65 bits per heavy atom. The number of nitrogens with one attached hydrogen (secondary N) is 1. The quantitative estimate of drug-likeness (QED) is 0.833. The third-order valence-electron chi connectivity index (χ3n) is 4.16. The van der Waals surface area contributed by atoms with Crippen LogP contribution in [-0.4, -0.2) is 29.3 Å². The molecule has 2 rings (SSSR count). The van der Waals surface area contributed by atoms with Gasteiger partial charge in [-0.25, -0.2) is 0 Å². The summed E-state index contributed by atoms with van der Waals surface area (Å²) in [5.41, 5.74) is 1.49. The van der Waals surface area contributed by atoms with E-state index in [0.717, 1.165) is 17.7 Å². The first-order valence-corrected chi connectivity index (χ1v) is 7.28. The summed E-state index contributed by atoms with van der Waals surface area (Å²) < 4.78 is 0. The fraction of sp³-hybridized carbons (Fsp3) is 0.562. The minimum Gasteiger partial charge on any atom is -0.325 e. The van der Waals surface area contributed by atoms with E-state index in [4.69, 9.17) is 0 Å². The Labute approximate surface area is 120 Å². The molecule has 0 aromatic heterocycles. The molecule has 2 saturated heterocycles. The number of rotatable bonds is 3. The van der Waals surface area contributed by atoms with Gasteiger partial charge < -0.3 is 10.5 Å². The lowest BCUT2D eigenvalue weighted by molar-refractivity contribution is -0.142. The average Bonchev–Trinajstić information content (AvgIpc) is 2.64. The minimum atomic E-state index is -0.469. The average molecular weight is 276 g/mol. The lowest BCUT2D eigenvalue weighted by Gasteiger charge is -2.35. The summed E-state index contributed by atoms with van der Waals surface area (Å²) in [6.45, 7) is 9.13. The van der Waals surface area contributed by atoms with Crippen molar-refractivity contribution in [2.45, 2.75) is 33.1 Å². The summed E-state index contributed by atoms with van der Waals surface area (Å²) in [5, 5.41) is 13.9. The first kappa shape index (κ1) is 15.0. The van der Waals surface area contributed by atoms with Gasteiger partial charge in [-0.05, 0) is 36.8 Å². The zero-order valence-electron chi connectivity index (χ0n) is 12.4. The van der Waals surface area contributed by atoms with Gasteiger partial charge in [-0.2, -0.15) is 5.06 Å². The van der Waals surface area contributed by atoms with Gasteiger partial charge in [0.15, 0.2) is 0 Å². The van der Waals surface area contributed by atoms with Gasteiger partial charge in [-0.1, -0.05) is 32.6 Å². The second-order valence-corrected chi connectivity index (χ2v) is 6.05. The van der Waals surface area contributed by atoms with E-state index in [0.29, 0.717) is 31.8 Å². The van der Waals surface area contributed by atoms with Crippen molar-refractivity contribution in [2.75, 3.05) is 13.1 Å². The molecule has 2 aliphatic heterocycles. The molecule has 0 atom stereocenters. The molecular weight excluding hydrogens is 252 g/mol. The molecule has 2 N–H and O–H groups in total. The van der Waals surface area contributed by atoms with Gasteiger partial charge in [0, 0.05) is 18.8 Å². The van der Waals surface area contributed by atoms with Gasteiger partial charge in [-0.3, -0.25) is 4.79 Å². The zero-order valence-corrected chi connectivity index (χ0v) is 12.4. The summed E-state index contributed by atoms with van der Waals surface area (Å²) in [6.07, 6.45) is 8.03. The SMILES string of the molecule is C=C/C=C1/NC(=O)C2(CCN(O)CC2)/C1=C/CC(C)C. The van der Waals surface area contributed by atoms with E-state index in [1.165, 1.54) is 5.06 Å². The van der Waals surface area contributed by atoms with E-state index < -0.39 is 5.41 Å². The van der Waals surface area contributed by atoms with Crippen molar-refractivity contribution < 1.29 is 10.0 Å². The number of carbonyl (C=O) groups excluding carboxylic acids is 1. The Morgan fingerprint density at radius 2 is 2.10 bits per heavy atom. The van der Waals surface area contributed by atoms with Crippen LogP contribution in [0.5, 0.6) is 0 Å². The summed E-state index contributed by atoms with van der Waals surface area (Å²) in [7, 11) is 0. The molecule has 4 heteroatoms. The van der Waals surface area contributed by atoms with Crippen LogP contribution in [0.4, 0.5) is 0 Å². The molecule has 4 nitrogen and oxygen atoms in total. The standard InChI is InChI=1S/C16H24N2O2/c1-4-5-14-13(7-6-12(2)3)16(15(19)17-14)8-10-18(20)11-9-16/h4-5,7,12,20H,1,6,8-11H2,2-3H3,(H,17,19)/b13-7+,14-5+. The minimum absolute atomic E-state index is 0.0636. The van der Waals surface area contributed by atoms with Crippen molar-refractivity contribution in [3.63, 3.8) is 0 Å². The number of piperidine rings is 1. The fourth-order valence-corrected chi connectivity index (χ4v) is 2.97. The van der Waals surface area contributed by atoms with E-state index in [9.17, 15) is 10.0 Å². The van der Waals surface area contributed by atoms with Gasteiger partial charge in [0.1, 0.15) is 0 Å². The van der Waals surface area contributed by atoms with E-state index in [1.807, 2.05) is 6.08 Å². The number of hydroxylamine groups is 2. The maximum absolute atomic E-state index is 12.5. The van der Waals surface area contributed by atoms with Gasteiger partial charge >= 0.3 is 0 Å². The third-order valence-corrected chi connectivity index (χ3v) is 4.16. The molecule has 2 fully saturated rings. The Bertz CT molecular complexity index is 455. The Morgan fingerprint density at radius 1 is 1.45 bits per heavy atom. The molecule has 1 amide bonds. The Balaban J connectivity index is 2.36. The van der Waals surface area contributed by atoms with Gasteiger partial charge in [0.05, 0.1) is 5.41 Å². The van der Waals surface area contributed by atoms with Crippen molar-refractivity contribution in [3.8, 4) is 0 Å². The van der Waals surface area contributed by atoms with Crippen LogP contribution in [-0.2, 0) is 4.79 Å². The highest BCUT2D eigenvalue weighted by atomic mass is 16.5. The number of allylic oxidation sites excluding steroid dienone is 4. The highest BCUT2D eigenvalue weighted by Gasteiger charge is 2.49. The number of hydrogen-bond acceptors (Lipinski definition) is 3. The molecule has 0 aromatic rings. The summed E-state index contributed by atoms with van der Waals surface area (Å²) in [5.74, 6) is 0.617. The van der Waals surface area contributed by atoms with Crippen molar-refractivity contribution in [2.24, 2.45) is 11.3 Å². The zero-order chi connectivity index (χ0) is 14.8. The van der Waals surface area contributed by atoms with Crippen LogP contribution in [0.2, 0.25) is 0 Å². The molecule has 0 aromatic carbocycles. The second kappa shape index (κ2) is 5.94. The largest absolute Gasteiger partial charge is 0.325 e. The number of nitrogens with zero attached hydrogens (tertiary/aromatic N) is 1. The third kappa shape index (κ3) is 2.72. The predicted molar refractivity (Wildman–Crippen MR) is 79.0 cm³/mol. The van der Waals surface area contributed by atoms with E-state index in [2.05, 4.69) is 31.8 Å². The van der Waals surface area contributed by atoms with E-state index in [-0.39, 0.29) is 5.91 Å². The van der Waals surface area contributed by atoms with Crippen LogP contribution < -0.4 is 5.32 Å². The first-order chi connectivity index (χ1) is 9.49. The first-order valence-electron chi connectivity index (χ1n) is 7.28. The molecule has 20 heavy (non-hydrogen) atoms. The smallest absolute Gasteiger partial charge is 0.235 e. The monoisotopic (exact) mass is 276 g/mol. The normalized spacial score (nSPS) is 26.7. The molecule has 0 aliphatic carbocycles. The molecule has 0 bridgehead atoms. The molecule has 1 spiro atoms. The van der Waals surface area contributed by atoms with E-state index >= 15 is 0 Å². The van der Waals surface area contributed by atoms with Crippen molar-refractivity contribution in [3.05, 3.63) is 36.1 Å². The number of carbonyl (C=O) groups is 1. The van der Waals surface area contributed by atoms with Crippen molar-refractivity contribution >= 4 is 5.91 Å². The van der Waals surface area contributed by atoms with Gasteiger partial charge in [0.25, 0.3) is 0 Å².